The molecule has 3 rings (SSSR count). The molecule has 2 aliphatic rings. The third kappa shape index (κ3) is 3.19. The van der Waals surface area contributed by atoms with Crippen molar-refractivity contribution >= 4 is 34.8 Å². The maximum atomic E-state index is 12.3. The van der Waals surface area contributed by atoms with Gasteiger partial charge in [0.15, 0.2) is 5.79 Å². The molecule has 0 bridgehead atoms. The first-order valence-electron chi connectivity index (χ1n) is 7.12. The van der Waals surface area contributed by atoms with Crippen LogP contribution < -0.4 is 5.32 Å². The van der Waals surface area contributed by atoms with Gasteiger partial charge in [0.2, 0.25) is 5.91 Å². The molecular weight excluding hydrogens is 313 g/mol. The van der Waals surface area contributed by atoms with Gasteiger partial charge >= 0.3 is 0 Å². The fraction of sp³-hybridized carbons (Fsp3) is 0.533. The number of nitrogens with one attached hydrogen (secondary N) is 1. The predicted octanol–water partition coefficient (Wildman–Crippen LogP) is 3.87. The molecule has 1 spiro atoms. The van der Waals surface area contributed by atoms with E-state index in [1.54, 1.807) is 18.2 Å². The van der Waals surface area contributed by atoms with Crippen LogP contribution in [0.1, 0.15) is 25.7 Å². The third-order valence-electron chi connectivity index (χ3n) is 4.14. The van der Waals surface area contributed by atoms with E-state index in [9.17, 15) is 4.79 Å². The highest BCUT2D eigenvalue weighted by Gasteiger charge is 2.41. The van der Waals surface area contributed by atoms with Gasteiger partial charge in [-0.05, 0) is 25.0 Å². The van der Waals surface area contributed by atoms with Crippen molar-refractivity contribution in [3.8, 4) is 0 Å². The number of amides is 1. The average molecular weight is 330 g/mol. The Morgan fingerprint density at radius 3 is 2.52 bits per heavy atom. The summed E-state index contributed by atoms with van der Waals surface area (Å²) in [5.74, 6) is -0.504. The molecule has 1 aromatic carbocycles. The highest BCUT2D eigenvalue weighted by Crippen LogP contribution is 2.39. The van der Waals surface area contributed by atoms with Crippen LogP contribution in [0.4, 0.5) is 5.69 Å². The van der Waals surface area contributed by atoms with Gasteiger partial charge in [-0.2, -0.15) is 0 Å². The molecule has 0 aromatic heterocycles. The minimum atomic E-state index is -0.440. The summed E-state index contributed by atoms with van der Waals surface area (Å²) in [4.78, 5) is 12.3. The summed E-state index contributed by atoms with van der Waals surface area (Å²) in [5.41, 5.74) is 0.558. The summed E-state index contributed by atoms with van der Waals surface area (Å²) >= 11 is 12.0. The van der Waals surface area contributed by atoms with Crippen molar-refractivity contribution in [2.45, 2.75) is 31.5 Å². The number of benzene rings is 1. The first-order chi connectivity index (χ1) is 10.1. The van der Waals surface area contributed by atoms with Gasteiger partial charge in [-0.1, -0.05) is 29.3 Å². The Labute approximate surface area is 133 Å². The van der Waals surface area contributed by atoms with Gasteiger partial charge in [0.25, 0.3) is 0 Å². The van der Waals surface area contributed by atoms with Gasteiger partial charge < -0.3 is 14.8 Å². The molecule has 4 nitrogen and oxygen atoms in total. The van der Waals surface area contributed by atoms with E-state index in [4.69, 9.17) is 32.7 Å². The smallest absolute Gasteiger partial charge is 0.227 e. The van der Waals surface area contributed by atoms with Gasteiger partial charge in [0.1, 0.15) is 0 Å². The maximum absolute atomic E-state index is 12.3. The predicted molar refractivity (Wildman–Crippen MR) is 81.7 cm³/mol. The first kappa shape index (κ1) is 15.1. The largest absolute Gasteiger partial charge is 0.348 e. The van der Waals surface area contributed by atoms with Crippen LogP contribution in [0.15, 0.2) is 18.2 Å². The molecule has 1 N–H and O–H groups in total. The first-order valence-corrected chi connectivity index (χ1v) is 7.88. The molecule has 114 valence electrons. The van der Waals surface area contributed by atoms with E-state index < -0.39 is 5.79 Å². The van der Waals surface area contributed by atoms with Crippen LogP contribution in [0.5, 0.6) is 0 Å². The molecule has 1 aliphatic carbocycles. The lowest BCUT2D eigenvalue weighted by Gasteiger charge is -2.34. The Morgan fingerprint density at radius 2 is 1.86 bits per heavy atom. The average Bonchev–Trinajstić information content (AvgIpc) is 2.93. The van der Waals surface area contributed by atoms with Crippen LogP contribution in [0, 0.1) is 5.92 Å². The number of ether oxygens (including phenoxy) is 2. The Kier molecular flexibility index (Phi) is 4.41. The molecule has 1 saturated heterocycles. The molecule has 21 heavy (non-hydrogen) atoms. The normalized spacial score (nSPS) is 21.6. The van der Waals surface area contributed by atoms with E-state index >= 15 is 0 Å². The van der Waals surface area contributed by atoms with Gasteiger partial charge in [-0.15, -0.1) is 0 Å². The number of rotatable bonds is 2. The number of hydrogen-bond donors (Lipinski definition) is 1. The van der Waals surface area contributed by atoms with Crippen LogP contribution in [0.2, 0.25) is 10.0 Å². The van der Waals surface area contributed by atoms with Gasteiger partial charge in [-0.3, -0.25) is 4.79 Å². The second kappa shape index (κ2) is 6.13. The number of halogens is 2. The molecule has 0 unspecified atom stereocenters. The monoisotopic (exact) mass is 329 g/mol. The maximum Gasteiger partial charge on any atom is 0.227 e. The molecule has 1 aromatic rings. The summed E-state index contributed by atoms with van der Waals surface area (Å²) < 4.78 is 11.3. The van der Waals surface area contributed by atoms with Crippen molar-refractivity contribution in [3.63, 3.8) is 0 Å². The van der Waals surface area contributed by atoms with Crippen molar-refractivity contribution in [2.75, 3.05) is 18.5 Å². The van der Waals surface area contributed by atoms with Crippen LogP contribution in [0.3, 0.4) is 0 Å². The van der Waals surface area contributed by atoms with Crippen molar-refractivity contribution in [2.24, 2.45) is 5.92 Å². The van der Waals surface area contributed by atoms with Crippen LogP contribution in [0.25, 0.3) is 0 Å². The number of hydrogen-bond acceptors (Lipinski definition) is 3. The lowest BCUT2D eigenvalue weighted by molar-refractivity contribution is -0.182. The molecule has 0 radical (unpaired) electrons. The molecule has 0 atom stereocenters. The van der Waals surface area contributed by atoms with Crippen molar-refractivity contribution in [1.29, 1.82) is 0 Å². The van der Waals surface area contributed by atoms with Gasteiger partial charge in [0, 0.05) is 18.8 Å². The molecule has 1 saturated carbocycles. The Hall–Kier alpha value is -0.810. The Bertz CT molecular complexity index is 534. The summed E-state index contributed by atoms with van der Waals surface area (Å²) in [6.45, 7) is 1.30. The zero-order chi connectivity index (χ0) is 14.9. The molecular formula is C15H17Cl2NO3. The minimum absolute atomic E-state index is 0.0213. The van der Waals surface area contributed by atoms with E-state index in [-0.39, 0.29) is 11.8 Å². The molecule has 1 heterocycles. The highest BCUT2D eigenvalue weighted by atomic mass is 35.5. The summed E-state index contributed by atoms with van der Waals surface area (Å²) in [6, 6.07) is 5.21. The van der Waals surface area contributed by atoms with E-state index in [2.05, 4.69) is 5.32 Å². The number of carbonyl (C=O) groups is 1. The van der Waals surface area contributed by atoms with Crippen LogP contribution in [-0.4, -0.2) is 24.9 Å². The van der Waals surface area contributed by atoms with Crippen molar-refractivity contribution in [1.82, 2.24) is 0 Å². The lowest BCUT2D eigenvalue weighted by atomic mass is 9.84. The topological polar surface area (TPSA) is 47.6 Å². The zero-order valence-corrected chi connectivity index (χ0v) is 13.0. The van der Waals surface area contributed by atoms with E-state index in [0.717, 1.165) is 25.7 Å². The Balaban J connectivity index is 1.60. The summed E-state index contributed by atoms with van der Waals surface area (Å²) in [6.07, 6.45) is 3.02. The minimum Gasteiger partial charge on any atom is -0.348 e. The van der Waals surface area contributed by atoms with Gasteiger partial charge in [-0.25, -0.2) is 0 Å². The lowest BCUT2D eigenvalue weighted by Crippen LogP contribution is -2.38. The fourth-order valence-corrected chi connectivity index (χ4v) is 3.29. The van der Waals surface area contributed by atoms with Crippen molar-refractivity contribution < 1.29 is 14.3 Å². The van der Waals surface area contributed by atoms with E-state index in [1.807, 2.05) is 0 Å². The SMILES string of the molecule is O=C(Nc1cccc(Cl)c1Cl)C1CCC2(CC1)OCCO2. The van der Waals surface area contributed by atoms with E-state index in [0.29, 0.717) is 28.9 Å². The van der Waals surface area contributed by atoms with E-state index in [1.165, 1.54) is 0 Å². The second-order valence-corrected chi connectivity index (χ2v) is 6.26. The third-order valence-corrected chi connectivity index (χ3v) is 4.96. The summed E-state index contributed by atoms with van der Waals surface area (Å²) in [5, 5.41) is 3.67. The van der Waals surface area contributed by atoms with Gasteiger partial charge in [0.05, 0.1) is 28.9 Å². The van der Waals surface area contributed by atoms with Crippen molar-refractivity contribution in [3.05, 3.63) is 28.2 Å². The molecule has 1 aliphatic heterocycles. The fourth-order valence-electron chi connectivity index (χ4n) is 2.94. The van der Waals surface area contributed by atoms with Crippen LogP contribution in [-0.2, 0) is 14.3 Å². The van der Waals surface area contributed by atoms with Crippen LogP contribution >= 0.6 is 23.2 Å². The Morgan fingerprint density at radius 1 is 1.19 bits per heavy atom. The second-order valence-electron chi connectivity index (χ2n) is 5.47. The highest BCUT2D eigenvalue weighted by molar-refractivity contribution is 6.43. The molecule has 1 amide bonds. The number of anilines is 1. The molecule has 2 fully saturated rings. The standard InChI is InChI=1S/C15H17Cl2NO3/c16-11-2-1-3-12(13(11)17)18-14(19)10-4-6-15(7-5-10)20-8-9-21-15/h1-3,10H,4-9H2,(H,18,19). The zero-order valence-electron chi connectivity index (χ0n) is 11.5. The summed E-state index contributed by atoms with van der Waals surface area (Å²) in [7, 11) is 0. The molecule has 6 heteroatoms. The number of carbonyl (C=O) groups excluding carboxylic acids is 1. The quantitative estimate of drug-likeness (QED) is 0.896.